The first-order valence-electron chi connectivity index (χ1n) is 10.6. The second kappa shape index (κ2) is 8.94. The molecule has 0 radical (unpaired) electrons. The number of aromatic nitrogens is 1. The van der Waals surface area contributed by atoms with Crippen LogP contribution in [0.1, 0.15) is 34.3 Å². The average molecular weight is 420 g/mol. The molecule has 0 atom stereocenters. The topological polar surface area (TPSA) is 58.8 Å². The number of oxazole rings is 1. The Hall–Kier alpha value is -3.12. The Morgan fingerprint density at radius 1 is 1.06 bits per heavy atom. The second-order valence-electron chi connectivity index (χ2n) is 8.07. The van der Waals surface area contributed by atoms with Crippen molar-refractivity contribution in [2.45, 2.75) is 27.3 Å². The summed E-state index contributed by atoms with van der Waals surface area (Å²) in [6.07, 6.45) is 0. The molecule has 0 bridgehead atoms. The Bertz CT molecular complexity index is 1060. The van der Waals surface area contributed by atoms with Gasteiger partial charge in [-0.25, -0.2) is 4.98 Å². The minimum absolute atomic E-state index is 0.100. The lowest BCUT2D eigenvalue weighted by atomic mass is 10.1. The molecule has 1 saturated heterocycles. The van der Waals surface area contributed by atoms with Gasteiger partial charge >= 0.3 is 0 Å². The van der Waals surface area contributed by atoms with Crippen LogP contribution in [0.15, 0.2) is 46.9 Å². The van der Waals surface area contributed by atoms with Gasteiger partial charge in [-0.05, 0) is 68.8 Å². The Morgan fingerprint density at radius 3 is 2.39 bits per heavy atom. The molecular formula is C25H29N3O3. The summed E-state index contributed by atoms with van der Waals surface area (Å²) in [5, 5.41) is 0. The smallest absolute Gasteiger partial charge is 0.226 e. The van der Waals surface area contributed by atoms with Crippen LogP contribution in [0.2, 0.25) is 0 Å². The number of ketones is 1. The molecular weight excluding hydrogens is 390 g/mol. The lowest BCUT2D eigenvalue weighted by Crippen LogP contribution is -2.46. The van der Waals surface area contributed by atoms with E-state index in [-0.39, 0.29) is 5.78 Å². The zero-order valence-corrected chi connectivity index (χ0v) is 18.6. The van der Waals surface area contributed by atoms with E-state index in [1.807, 2.05) is 56.3 Å². The number of aryl methyl sites for hydroxylation is 2. The van der Waals surface area contributed by atoms with Gasteiger partial charge in [0.15, 0.2) is 5.78 Å². The van der Waals surface area contributed by atoms with E-state index in [2.05, 4.69) is 9.80 Å². The van der Waals surface area contributed by atoms with E-state index in [4.69, 9.17) is 14.1 Å². The Labute approximate surface area is 183 Å². The third kappa shape index (κ3) is 4.64. The van der Waals surface area contributed by atoms with Crippen molar-refractivity contribution < 1.29 is 13.9 Å². The monoisotopic (exact) mass is 419 g/mol. The summed E-state index contributed by atoms with van der Waals surface area (Å²) in [4.78, 5) is 21.0. The van der Waals surface area contributed by atoms with Gasteiger partial charge in [0.25, 0.3) is 0 Å². The zero-order chi connectivity index (χ0) is 22.0. The van der Waals surface area contributed by atoms with Crippen molar-refractivity contribution in [3.8, 4) is 17.2 Å². The molecule has 6 heteroatoms. The SMILES string of the molecule is COc1ccc(-c2nc(CN3CCN(c4ccc(C(C)=O)cc4)CC3)c(C)o2)cc1C. The maximum Gasteiger partial charge on any atom is 0.226 e. The fourth-order valence-electron chi connectivity index (χ4n) is 3.99. The van der Waals surface area contributed by atoms with Gasteiger partial charge in [0.1, 0.15) is 11.5 Å². The van der Waals surface area contributed by atoms with Crippen molar-refractivity contribution in [3.05, 3.63) is 65.0 Å². The Balaban J connectivity index is 1.38. The van der Waals surface area contributed by atoms with Crippen LogP contribution in [-0.4, -0.2) is 49.0 Å². The molecule has 162 valence electrons. The number of hydrogen-bond donors (Lipinski definition) is 0. The minimum atomic E-state index is 0.100. The summed E-state index contributed by atoms with van der Waals surface area (Å²) in [6, 6.07) is 13.9. The van der Waals surface area contributed by atoms with E-state index < -0.39 is 0 Å². The van der Waals surface area contributed by atoms with Crippen molar-refractivity contribution in [1.29, 1.82) is 0 Å². The molecule has 0 amide bonds. The molecule has 0 N–H and O–H groups in total. The molecule has 1 aliphatic heterocycles. The number of nitrogens with zero attached hydrogens (tertiary/aromatic N) is 3. The van der Waals surface area contributed by atoms with E-state index in [0.29, 0.717) is 5.89 Å². The predicted octanol–water partition coefficient (Wildman–Crippen LogP) is 4.49. The van der Waals surface area contributed by atoms with Gasteiger partial charge in [-0.3, -0.25) is 9.69 Å². The van der Waals surface area contributed by atoms with E-state index in [0.717, 1.165) is 66.6 Å². The predicted molar refractivity (Wildman–Crippen MR) is 122 cm³/mol. The fourth-order valence-corrected chi connectivity index (χ4v) is 3.99. The van der Waals surface area contributed by atoms with Crippen LogP contribution in [0.25, 0.3) is 11.5 Å². The standard InChI is InChI=1S/C25H29N3O3/c1-17-15-21(7-10-24(17)30-4)25-26-23(19(3)31-25)16-27-11-13-28(14-12-27)22-8-5-20(6-9-22)18(2)29/h5-10,15H,11-14,16H2,1-4H3. The van der Waals surface area contributed by atoms with Crippen LogP contribution in [0, 0.1) is 13.8 Å². The number of piperazine rings is 1. The quantitative estimate of drug-likeness (QED) is 0.549. The number of carbonyl (C=O) groups is 1. The van der Waals surface area contributed by atoms with Crippen molar-refractivity contribution in [3.63, 3.8) is 0 Å². The molecule has 0 unspecified atom stereocenters. The molecule has 31 heavy (non-hydrogen) atoms. The van der Waals surface area contributed by atoms with E-state index in [1.165, 1.54) is 5.69 Å². The normalized spacial score (nSPS) is 14.6. The molecule has 2 aromatic carbocycles. The van der Waals surface area contributed by atoms with Gasteiger partial charge in [0, 0.05) is 49.5 Å². The molecule has 1 fully saturated rings. The van der Waals surface area contributed by atoms with Gasteiger partial charge in [0.2, 0.25) is 5.89 Å². The van der Waals surface area contributed by atoms with Crippen molar-refractivity contribution in [1.82, 2.24) is 9.88 Å². The third-order valence-electron chi connectivity index (χ3n) is 5.92. The fraction of sp³-hybridized carbons (Fsp3) is 0.360. The highest BCUT2D eigenvalue weighted by molar-refractivity contribution is 5.94. The average Bonchev–Trinajstić information content (AvgIpc) is 3.14. The highest BCUT2D eigenvalue weighted by atomic mass is 16.5. The Morgan fingerprint density at radius 2 is 1.77 bits per heavy atom. The molecule has 1 aliphatic rings. The minimum Gasteiger partial charge on any atom is -0.496 e. The van der Waals surface area contributed by atoms with E-state index in [1.54, 1.807) is 14.0 Å². The number of anilines is 1. The molecule has 1 aromatic heterocycles. The lowest BCUT2D eigenvalue weighted by Gasteiger charge is -2.35. The van der Waals surface area contributed by atoms with Crippen LogP contribution in [-0.2, 0) is 6.54 Å². The molecule has 3 aromatic rings. The number of hydrogen-bond acceptors (Lipinski definition) is 6. The van der Waals surface area contributed by atoms with Crippen LogP contribution in [0.5, 0.6) is 5.75 Å². The number of carbonyl (C=O) groups excluding carboxylic acids is 1. The first-order valence-corrected chi connectivity index (χ1v) is 10.6. The molecule has 2 heterocycles. The summed E-state index contributed by atoms with van der Waals surface area (Å²) >= 11 is 0. The maximum atomic E-state index is 11.5. The van der Waals surface area contributed by atoms with Crippen LogP contribution < -0.4 is 9.64 Å². The second-order valence-corrected chi connectivity index (χ2v) is 8.07. The number of methoxy groups -OCH3 is 1. The molecule has 0 aliphatic carbocycles. The Kier molecular flexibility index (Phi) is 6.09. The summed E-state index contributed by atoms with van der Waals surface area (Å²) < 4.78 is 11.3. The zero-order valence-electron chi connectivity index (χ0n) is 18.6. The van der Waals surface area contributed by atoms with Gasteiger partial charge in [0.05, 0.1) is 12.8 Å². The van der Waals surface area contributed by atoms with Crippen LogP contribution in [0.4, 0.5) is 5.69 Å². The van der Waals surface area contributed by atoms with Crippen LogP contribution >= 0.6 is 0 Å². The summed E-state index contributed by atoms with van der Waals surface area (Å²) in [6.45, 7) is 10.2. The molecule has 0 saturated carbocycles. The van der Waals surface area contributed by atoms with Gasteiger partial charge in [-0.2, -0.15) is 0 Å². The summed E-state index contributed by atoms with van der Waals surface area (Å²) in [5.41, 5.74) is 4.94. The highest BCUT2D eigenvalue weighted by Crippen LogP contribution is 2.28. The van der Waals surface area contributed by atoms with Crippen LogP contribution in [0.3, 0.4) is 0 Å². The van der Waals surface area contributed by atoms with E-state index >= 15 is 0 Å². The third-order valence-corrected chi connectivity index (χ3v) is 5.92. The van der Waals surface area contributed by atoms with Gasteiger partial charge in [-0.1, -0.05) is 0 Å². The number of benzene rings is 2. The number of rotatable bonds is 6. The number of Topliss-reactive ketones (excluding diaryl/α,β-unsaturated/α-hetero) is 1. The van der Waals surface area contributed by atoms with Gasteiger partial charge < -0.3 is 14.1 Å². The molecule has 6 nitrogen and oxygen atoms in total. The summed E-state index contributed by atoms with van der Waals surface area (Å²) in [5.74, 6) is 2.48. The van der Waals surface area contributed by atoms with Gasteiger partial charge in [-0.15, -0.1) is 0 Å². The highest BCUT2D eigenvalue weighted by Gasteiger charge is 2.20. The molecule has 0 spiro atoms. The van der Waals surface area contributed by atoms with Crippen molar-refractivity contribution in [2.75, 3.05) is 38.2 Å². The first kappa shape index (κ1) is 21.1. The summed E-state index contributed by atoms with van der Waals surface area (Å²) in [7, 11) is 1.68. The number of ether oxygens (including phenoxy) is 1. The van der Waals surface area contributed by atoms with Crippen molar-refractivity contribution in [2.24, 2.45) is 0 Å². The maximum absolute atomic E-state index is 11.5. The van der Waals surface area contributed by atoms with E-state index in [9.17, 15) is 4.79 Å². The first-order chi connectivity index (χ1) is 14.9. The lowest BCUT2D eigenvalue weighted by molar-refractivity contribution is 0.101. The van der Waals surface area contributed by atoms with Crippen molar-refractivity contribution >= 4 is 11.5 Å². The molecule has 4 rings (SSSR count). The largest absolute Gasteiger partial charge is 0.496 e.